The van der Waals surface area contributed by atoms with Crippen LogP contribution in [0.1, 0.15) is 41.3 Å². The highest BCUT2D eigenvalue weighted by atomic mass is 19.1. The molecule has 4 aromatic rings. The van der Waals surface area contributed by atoms with Crippen LogP contribution in [0.2, 0.25) is 0 Å². The van der Waals surface area contributed by atoms with Crippen molar-refractivity contribution >= 4 is 11.2 Å². The molecule has 4 heterocycles. The summed E-state index contributed by atoms with van der Waals surface area (Å²) in [4.78, 5) is 25.4. The number of ether oxygens (including phenoxy) is 1. The molecule has 9 nitrogen and oxygen atoms in total. The molecular formula is C20H19FN6O3. The van der Waals surface area contributed by atoms with Gasteiger partial charge in [0.2, 0.25) is 5.89 Å². The Morgan fingerprint density at radius 3 is 2.93 bits per heavy atom. The van der Waals surface area contributed by atoms with Crippen molar-refractivity contribution in [3.8, 4) is 0 Å². The highest BCUT2D eigenvalue weighted by Gasteiger charge is 2.31. The minimum absolute atomic E-state index is 0.0636. The zero-order valence-corrected chi connectivity index (χ0v) is 16.4. The molecule has 1 aliphatic heterocycles. The van der Waals surface area contributed by atoms with Gasteiger partial charge >= 0.3 is 0 Å². The van der Waals surface area contributed by atoms with Gasteiger partial charge in [-0.25, -0.2) is 14.4 Å². The van der Waals surface area contributed by atoms with E-state index >= 15 is 0 Å². The van der Waals surface area contributed by atoms with E-state index < -0.39 is 0 Å². The molecular weight excluding hydrogens is 391 g/mol. The first kappa shape index (κ1) is 18.6. The molecule has 0 saturated carbocycles. The van der Waals surface area contributed by atoms with Gasteiger partial charge in [0.1, 0.15) is 18.7 Å². The van der Waals surface area contributed by atoms with Gasteiger partial charge in [-0.3, -0.25) is 9.36 Å². The first-order valence-electron chi connectivity index (χ1n) is 9.56. The zero-order chi connectivity index (χ0) is 20.8. The molecule has 1 aliphatic rings. The van der Waals surface area contributed by atoms with Crippen LogP contribution in [0.15, 0.2) is 40.2 Å². The largest absolute Gasteiger partial charge is 0.373 e. The van der Waals surface area contributed by atoms with Gasteiger partial charge in [0.05, 0.1) is 19.0 Å². The second-order valence-corrected chi connectivity index (χ2v) is 7.51. The van der Waals surface area contributed by atoms with Crippen molar-refractivity contribution < 1.29 is 13.7 Å². The number of hydrogen-bond donors (Lipinski definition) is 0. The van der Waals surface area contributed by atoms with E-state index in [1.165, 1.54) is 17.0 Å². The third-order valence-corrected chi connectivity index (χ3v) is 5.42. The predicted molar refractivity (Wildman–Crippen MR) is 103 cm³/mol. The predicted octanol–water partition coefficient (Wildman–Crippen LogP) is 2.25. The van der Waals surface area contributed by atoms with E-state index in [1.807, 2.05) is 6.07 Å². The lowest BCUT2D eigenvalue weighted by Gasteiger charge is -2.10. The molecule has 5 rings (SSSR count). The number of halogens is 1. The van der Waals surface area contributed by atoms with Crippen LogP contribution in [0.5, 0.6) is 0 Å². The Balaban J connectivity index is 1.33. The first-order chi connectivity index (χ1) is 14.5. The molecule has 0 aliphatic carbocycles. The number of imidazole rings is 1. The number of hydrogen-bond acceptors (Lipinski definition) is 7. The summed E-state index contributed by atoms with van der Waals surface area (Å²) in [6.07, 6.45) is 3.38. The first-order valence-corrected chi connectivity index (χ1v) is 9.56. The van der Waals surface area contributed by atoms with Crippen LogP contribution in [0, 0.1) is 12.7 Å². The molecule has 0 unspecified atom stereocenters. The summed E-state index contributed by atoms with van der Waals surface area (Å²) in [6, 6.07) is 5.14. The summed E-state index contributed by atoms with van der Waals surface area (Å²) >= 11 is 0. The van der Waals surface area contributed by atoms with Crippen molar-refractivity contribution in [2.24, 2.45) is 7.05 Å². The molecule has 0 spiro atoms. The monoisotopic (exact) mass is 410 g/mol. The second-order valence-electron chi connectivity index (χ2n) is 7.51. The Hall–Kier alpha value is -3.40. The standard InChI is InChI=1S/C20H19FN6O3/c1-11-3-4-12(5-14(11)21)15-6-13(8-29-15)18-24-16(30-25-18)7-27-10-23-19-17(20(27)28)26(2)9-22-19/h3-5,9-10,13,15H,6-8H2,1-2H3/t13-,15+/m0/s1. The van der Waals surface area contributed by atoms with E-state index in [4.69, 9.17) is 9.26 Å². The number of fused-ring (bicyclic) bond motifs is 1. The van der Waals surface area contributed by atoms with E-state index in [0.717, 1.165) is 5.56 Å². The molecule has 154 valence electrons. The second kappa shape index (κ2) is 7.13. The number of rotatable bonds is 4. The molecule has 0 amide bonds. The number of benzene rings is 1. The van der Waals surface area contributed by atoms with Crippen LogP contribution in [-0.2, 0) is 18.3 Å². The number of aromatic nitrogens is 6. The Kier molecular flexibility index (Phi) is 4.43. The van der Waals surface area contributed by atoms with Crippen molar-refractivity contribution in [1.82, 2.24) is 29.2 Å². The van der Waals surface area contributed by atoms with Gasteiger partial charge in [0.25, 0.3) is 5.56 Å². The highest BCUT2D eigenvalue weighted by molar-refractivity contribution is 5.68. The molecule has 0 radical (unpaired) electrons. The van der Waals surface area contributed by atoms with Gasteiger partial charge in [-0.1, -0.05) is 17.3 Å². The summed E-state index contributed by atoms with van der Waals surface area (Å²) in [5.74, 6) is 0.514. The van der Waals surface area contributed by atoms with Crippen LogP contribution < -0.4 is 5.56 Å². The third kappa shape index (κ3) is 3.18. The Labute approximate surface area is 170 Å². The number of aryl methyl sites for hydroxylation is 2. The van der Waals surface area contributed by atoms with E-state index in [1.54, 1.807) is 30.9 Å². The molecule has 0 N–H and O–H groups in total. The topological polar surface area (TPSA) is 101 Å². The van der Waals surface area contributed by atoms with Crippen LogP contribution in [-0.4, -0.2) is 35.8 Å². The van der Waals surface area contributed by atoms with Crippen LogP contribution in [0.25, 0.3) is 11.2 Å². The van der Waals surface area contributed by atoms with Crippen LogP contribution >= 0.6 is 0 Å². The molecule has 1 aromatic carbocycles. The van der Waals surface area contributed by atoms with Gasteiger partial charge < -0.3 is 13.8 Å². The maximum Gasteiger partial charge on any atom is 0.280 e. The van der Waals surface area contributed by atoms with E-state index in [2.05, 4.69) is 20.1 Å². The van der Waals surface area contributed by atoms with Crippen molar-refractivity contribution in [3.05, 3.63) is 69.9 Å². The van der Waals surface area contributed by atoms with Gasteiger partial charge in [-0.05, 0) is 30.5 Å². The molecule has 2 atom stereocenters. The third-order valence-electron chi connectivity index (χ3n) is 5.42. The summed E-state index contributed by atoms with van der Waals surface area (Å²) < 4.78 is 28.1. The number of nitrogens with zero attached hydrogens (tertiary/aromatic N) is 6. The SMILES string of the molecule is Cc1ccc([C@H]2C[C@H](c3noc(Cn4cnc5ncn(C)c5c4=O)n3)CO2)cc1F. The normalized spacial score (nSPS) is 19.0. The van der Waals surface area contributed by atoms with Crippen LogP contribution in [0.3, 0.4) is 0 Å². The van der Waals surface area contributed by atoms with Crippen molar-refractivity contribution in [3.63, 3.8) is 0 Å². The fourth-order valence-corrected chi connectivity index (χ4v) is 3.68. The summed E-state index contributed by atoms with van der Waals surface area (Å²) in [5, 5.41) is 4.06. The molecule has 30 heavy (non-hydrogen) atoms. The minimum Gasteiger partial charge on any atom is -0.373 e. The lowest BCUT2D eigenvalue weighted by Crippen LogP contribution is -2.22. The van der Waals surface area contributed by atoms with Crippen molar-refractivity contribution in [1.29, 1.82) is 0 Å². The molecule has 10 heteroatoms. The Morgan fingerprint density at radius 1 is 1.27 bits per heavy atom. The quantitative estimate of drug-likeness (QED) is 0.509. The van der Waals surface area contributed by atoms with Gasteiger partial charge in [0.15, 0.2) is 17.0 Å². The van der Waals surface area contributed by atoms with Crippen molar-refractivity contribution in [2.75, 3.05) is 6.61 Å². The van der Waals surface area contributed by atoms with Gasteiger partial charge in [-0.2, -0.15) is 4.98 Å². The Morgan fingerprint density at radius 2 is 2.10 bits per heavy atom. The summed E-state index contributed by atoms with van der Waals surface area (Å²) in [6.45, 7) is 2.26. The average molecular weight is 410 g/mol. The molecule has 0 bridgehead atoms. The fourth-order valence-electron chi connectivity index (χ4n) is 3.68. The highest BCUT2D eigenvalue weighted by Crippen LogP contribution is 2.37. The van der Waals surface area contributed by atoms with Crippen LogP contribution in [0.4, 0.5) is 4.39 Å². The minimum atomic E-state index is -0.245. The molecule has 1 fully saturated rings. The molecule has 1 saturated heterocycles. The summed E-state index contributed by atoms with van der Waals surface area (Å²) in [7, 11) is 1.74. The smallest absolute Gasteiger partial charge is 0.280 e. The van der Waals surface area contributed by atoms with E-state index in [-0.39, 0.29) is 29.9 Å². The fraction of sp³-hybridized carbons (Fsp3) is 0.350. The van der Waals surface area contributed by atoms with Gasteiger partial charge in [-0.15, -0.1) is 0 Å². The maximum absolute atomic E-state index is 13.9. The van der Waals surface area contributed by atoms with Gasteiger partial charge in [0, 0.05) is 13.0 Å². The Bertz CT molecular complexity index is 1290. The summed E-state index contributed by atoms with van der Waals surface area (Å²) in [5.41, 5.74) is 1.98. The van der Waals surface area contributed by atoms with Crippen molar-refractivity contribution in [2.45, 2.75) is 31.9 Å². The lowest BCUT2D eigenvalue weighted by atomic mass is 9.99. The average Bonchev–Trinajstić information content (AvgIpc) is 3.46. The maximum atomic E-state index is 13.9. The van der Waals surface area contributed by atoms with E-state index in [9.17, 15) is 9.18 Å². The lowest BCUT2D eigenvalue weighted by molar-refractivity contribution is 0.109. The zero-order valence-electron chi connectivity index (χ0n) is 16.4. The van der Waals surface area contributed by atoms with E-state index in [0.29, 0.717) is 41.5 Å². The molecule has 3 aromatic heterocycles.